The Balaban J connectivity index is 2.18. The molecule has 2 aliphatic heterocycles. The first-order valence-electron chi connectivity index (χ1n) is 7.47. The molecule has 0 amide bonds. The van der Waals surface area contributed by atoms with Gasteiger partial charge in [0.2, 0.25) is 0 Å². The molecule has 11 heteroatoms. The maximum absolute atomic E-state index is 10.1. The molecular weight excluding hydrogens is 332 g/mol. The summed E-state index contributed by atoms with van der Waals surface area (Å²) in [5, 5.41) is 77.4. The van der Waals surface area contributed by atoms with Gasteiger partial charge in [-0.3, -0.25) is 0 Å². The van der Waals surface area contributed by atoms with Gasteiger partial charge in [0.05, 0.1) is 13.2 Å². The molecule has 2 rings (SSSR count). The van der Waals surface area contributed by atoms with Crippen LogP contribution in [0.4, 0.5) is 0 Å². The van der Waals surface area contributed by atoms with Crippen LogP contribution < -0.4 is 0 Å². The minimum absolute atomic E-state index is 0.675. The molecule has 2 saturated heterocycles. The Morgan fingerprint density at radius 3 is 1.88 bits per heavy atom. The Kier molecular flexibility index (Phi) is 6.16. The molecule has 0 saturated carbocycles. The van der Waals surface area contributed by atoms with Crippen LogP contribution in [0, 0.1) is 0 Å². The normalized spacial score (nSPS) is 53.1. The monoisotopic (exact) mass is 356 g/mol. The molecule has 0 aromatic carbocycles. The fraction of sp³-hybridized carbons (Fsp3) is 1.00. The Labute approximate surface area is 137 Å². The van der Waals surface area contributed by atoms with E-state index in [1.54, 1.807) is 0 Å². The number of aliphatic hydroxyl groups is 8. The lowest BCUT2D eigenvalue weighted by atomic mass is 9.93. The lowest BCUT2D eigenvalue weighted by Gasteiger charge is -2.49. The van der Waals surface area contributed by atoms with Crippen LogP contribution in [0.1, 0.15) is 6.92 Å². The van der Waals surface area contributed by atoms with E-state index < -0.39 is 74.1 Å². The number of ether oxygens (including phenoxy) is 3. The van der Waals surface area contributed by atoms with Crippen LogP contribution in [0.3, 0.4) is 0 Å². The van der Waals surface area contributed by atoms with Gasteiger partial charge >= 0.3 is 0 Å². The summed E-state index contributed by atoms with van der Waals surface area (Å²) in [5.74, 6) is -2.01. The Morgan fingerprint density at radius 1 is 0.792 bits per heavy atom. The number of hydrogen-bond acceptors (Lipinski definition) is 11. The average Bonchev–Trinajstić information content (AvgIpc) is 2.57. The molecule has 10 atom stereocenters. The molecular formula is C13H24O11. The highest BCUT2D eigenvalue weighted by Gasteiger charge is 2.55. The molecule has 0 spiro atoms. The predicted octanol–water partition coefficient (Wildman–Crippen LogP) is -5.01. The highest BCUT2D eigenvalue weighted by atomic mass is 16.8. The van der Waals surface area contributed by atoms with Crippen molar-refractivity contribution in [1.29, 1.82) is 0 Å². The van der Waals surface area contributed by atoms with E-state index in [1.807, 2.05) is 0 Å². The summed E-state index contributed by atoms with van der Waals surface area (Å²) < 4.78 is 15.8. The standard InChI is InChI=1S/C13H24O11/c1-13(11(21)9(19)7(17)5(3-15)23-13)24-12-10(20)8(18)6(16)4(2-14)22-12/h4-12,14-21H,2-3H2,1H3/t4-,5-,6-,7+,8+,9+,10+,11-,12-,13-/m1/s1. The van der Waals surface area contributed by atoms with Crippen molar-refractivity contribution in [2.75, 3.05) is 13.2 Å². The Bertz CT molecular complexity index is 419. The molecule has 2 heterocycles. The summed E-state index contributed by atoms with van der Waals surface area (Å²) in [6, 6.07) is 0. The smallest absolute Gasteiger partial charge is 0.197 e. The van der Waals surface area contributed by atoms with Gasteiger partial charge in [0.25, 0.3) is 0 Å². The Hall–Kier alpha value is -0.440. The molecule has 2 aliphatic rings. The maximum Gasteiger partial charge on any atom is 0.197 e. The van der Waals surface area contributed by atoms with Crippen LogP contribution in [0.2, 0.25) is 0 Å². The maximum atomic E-state index is 10.1. The highest BCUT2D eigenvalue weighted by molar-refractivity contribution is 4.96. The largest absolute Gasteiger partial charge is 0.394 e. The fourth-order valence-corrected chi connectivity index (χ4v) is 2.79. The van der Waals surface area contributed by atoms with Crippen molar-refractivity contribution in [2.45, 2.75) is 67.8 Å². The minimum Gasteiger partial charge on any atom is -0.394 e. The molecule has 11 nitrogen and oxygen atoms in total. The van der Waals surface area contributed by atoms with Crippen LogP contribution in [0.15, 0.2) is 0 Å². The zero-order chi connectivity index (χ0) is 18.2. The van der Waals surface area contributed by atoms with Gasteiger partial charge in [-0.2, -0.15) is 0 Å². The van der Waals surface area contributed by atoms with Crippen molar-refractivity contribution in [1.82, 2.24) is 0 Å². The molecule has 0 aromatic rings. The van der Waals surface area contributed by atoms with E-state index in [-0.39, 0.29) is 0 Å². The van der Waals surface area contributed by atoms with E-state index in [4.69, 9.17) is 19.3 Å². The second kappa shape index (κ2) is 7.43. The summed E-state index contributed by atoms with van der Waals surface area (Å²) in [4.78, 5) is 0. The van der Waals surface area contributed by atoms with E-state index in [0.717, 1.165) is 0 Å². The third-order valence-electron chi connectivity index (χ3n) is 4.36. The molecule has 0 radical (unpaired) electrons. The second-order valence-electron chi connectivity index (χ2n) is 6.10. The van der Waals surface area contributed by atoms with Crippen LogP contribution in [-0.2, 0) is 14.2 Å². The molecule has 0 aliphatic carbocycles. The van der Waals surface area contributed by atoms with Gasteiger partial charge in [-0.1, -0.05) is 0 Å². The van der Waals surface area contributed by atoms with Gasteiger partial charge in [-0.05, 0) is 6.92 Å². The van der Waals surface area contributed by atoms with Crippen LogP contribution in [0.5, 0.6) is 0 Å². The van der Waals surface area contributed by atoms with Crippen molar-refractivity contribution in [3.63, 3.8) is 0 Å². The van der Waals surface area contributed by atoms with Gasteiger partial charge in [0.15, 0.2) is 12.1 Å². The van der Waals surface area contributed by atoms with Gasteiger partial charge in [0, 0.05) is 0 Å². The Morgan fingerprint density at radius 2 is 1.33 bits per heavy atom. The molecule has 24 heavy (non-hydrogen) atoms. The van der Waals surface area contributed by atoms with E-state index in [2.05, 4.69) is 0 Å². The minimum atomic E-state index is -2.01. The SMILES string of the molecule is C[C@]1(O[C@H]2O[C@H](CO)[C@@H](O)[C@H](O)[C@@H]2O)O[C@H](CO)[C@H](O)[C@H](O)[C@H]1O. The van der Waals surface area contributed by atoms with Crippen LogP contribution in [0.25, 0.3) is 0 Å². The van der Waals surface area contributed by atoms with Crippen molar-refractivity contribution in [3.8, 4) is 0 Å². The van der Waals surface area contributed by atoms with Crippen LogP contribution in [-0.4, -0.2) is 115 Å². The van der Waals surface area contributed by atoms with Crippen molar-refractivity contribution < 1.29 is 55.1 Å². The van der Waals surface area contributed by atoms with Gasteiger partial charge < -0.3 is 55.1 Å². The summed E-state index contributed by atoms with van der Waals surface area (Å²) in [6.45, 7) is -0.180. The van der Waals surface area contributed by atoms with Gasteiger partial charge in [-0.25, -0.2) is 0 Å². The first-order chi connectivity index (χ1) is 11.2. The molecule has 142 valence electrons. The van der Waals surface area contributed by atoms with Crippen LogP contribution >= 0.6 is 0 Å². The first-order valence-corrected chi connectivity index (χ1v) is 7.47. The lowest BCUT2D eigenvalue weighted by Crippen LogP contribution is -2.68. The van der Waals surface area contributed by atoms with E-state index in [9.17, 15) is 35.7 Å². The highest BCUT2D eigenvalue weighted by Crippen LogP contribution is 2.34. The molecule has 8 N–H and O–H groups in total. The van der Waals surface area contributed by atoms with E-state index in [1.165, 1.54) is 6.92 Å². The quantitative estimate of drug-likeness (QED) is 0.241. The fourth-order valence-electron chi connectivity index (χ4n) is 2.79. The molecule has 2 fully saturated rings. The van der Waals surface area contributed by atoms with Crippen molar-refractivity contribution in [2.24, 2.45) is 0 Å². The molecule has 0 unspecified atom stereocenters. The average molecular weight is 356 g/mol. The third-order valence-corrected chi connectivity index (χ3v) is 4.36. The predicted molar refractivity (Wildman–Crippen MR) is 73.2 cm³/mol. The zero-order valence-corrected chi connectivity index (χ0v) is 12.9. The van der Waals surface area contributed by atoms with E-state index in [0.29, 0.717) is 0 Å². The summed E-state index contributed by atoms with van der Waals surface area (Å²) in [7, 11) is 0. The summed E-state index contributed by atoms with van der Waals surface area (Å²) in [5.41, 5.74) is 0. The molecule has 0 aromatic heterocycles. The molecule has 0 bridgehead atoms. The van der Waals surface area contributed by atoms with E-state index >= 15 is 0 Å². The summed E-state index contributed by atoms with van der Waals surface area (Å²) in [6.07, 6.45) is -14.2. The second-order valence-corrected chi connectivity index (χ2v) is 6.10. The third kappa shape index (κ3) is 3.43. The van der Waals surface area contributed by atoms with Gasteiger partial charge in [-0.15, -0.1) is 0 Å². The topological polar surface area (TPSA) is 190 Å². The van der Waals surface area contributed by atoms with Crippen molar-refractivity contribution >= 4 is 0 Å². The first kappa shape index (κ1) is 19.9. The van der Waals surface area contributed by atoms with Crippen molar-refractivity contribution in [3.05, 3.63) is 0 Å². The number of hydrogen-bond donors (Lipinski definition) is 8. The lowest BCUT2D eigenvalue weighted by molar-refractivity contribution is -0.416. The summed E-state index contributed by atoms with van der Waals surface area (Å²) >= 11 is 0. The number of aliphatic hydroxyl groups excluding tert-OH is 8. The van der Waals surface area contributed by atoms with Gasteiger partial charge in [0.1, 0.15) is 48.8 Å². The number of rotatable bonds is 4. The zero-order valence-electron chi connectivity index (χ0n) is 12.9.